The summed E-state index contributed by atoms with van der Waals surface area (Å²) in [6.07, 6.45) is 0. The average molecular weight is 347 g/mol. The number of nitro benzene ring substituents is 1. The van der Waals surface area contributed by atoms with E-state index in [4.69, 9.17) is 4.18 Å². The second-order valence-corrected chi connectivity index (χ2v) is 6.78. The van der Waals surface area contributed by atoms with E-state index >= 15 is 0 Å². The van der Waals surface area contributed by atoms with Gasteiger partial charge in [0.1, 0.15) is 4.90 Å². The number of rotatable bonds is 4. The Labute approximate surface area is 137 Å². The van der Waals surface area contributed by atoms with Crippen molar-refractivity contribution in [3.05, 3.63) is 58.1 Å². The van der Waals surface area contributed by atoms with Gasteiger partial charge < -0.3 is 4.18 Å². The summed E-state index contributed by atoms with van der Waals surface area (Å²) in [5, 5.41) is 15.2. The van der Waals surface area contributed by atoms with Crippen molar-refractivity contribution < 1.29 is 17.5 Å². The van der Waals surface area contributed by atoms with Gasteiger partial charge in [-0.3, -0.25) is 14.8 Å². The van der Waals surface area contributed by atoms with Gasteiger partial charge in [0.25, 0.3) is 11.6 Å². The molecule has 0 aliphatic heterocycles. The Morgan fingerprint density at radius 1 is 1.17 bits per heavy atom. The van der Waals surface area contributed by atoms with Gasteiger partial charge in [-0.2, -0.15) is 8.42 Å². The minimum absolute atomic E-state index is 0.0164. The van der Waals surface area contributed by atoms with E-state index in [1.54, 1.807) is 19.2 Å². The largest absolute Gasteiger partial charge is 0.356 e. The monoisotopic (exact) mass is 347 g/mol. The van der Waals surface area contributed by atoms with Gasteiger partial charge >= 0.3 is 10.1 Å². The van der Waals surface area contributed by atoms with Crippen LogP contribution >= 0.6 is 0 Å². The van der Waals surface area contributed by atoms with Crippen molar-refractivity contribution >= 4 is 26.7 Å². The molecule has 2 aromatic carbocycles. The first-order chi connectivity index (χ1) is 11.3. The fourth-order valence-corrected chi connectivity index (χ4v) is 3.15. The minimum atomic E-state index is -4.09. The summed E-state index contributed by atoms with van der Waals surface area (Å²) >= 11 is 0. The number of hydrogen-bond donors (Lipinski definition) is 0. The van der Waals surface area contributed by atoms with Crippen LogP contribution in [-0.2, 0) is 17.2 Å². The van der Waals surface area contributed by atoms with Gasteiger partial charge in [-0.15, -0.1) is 5.10 Å². The molecule has 0 radical (unpaired) electrons. The Morgan fingerprint density at radius 3 is 2.46 bits per heavy atom. The van der Waals surface area contributed by atoms with E-state index in [0.29, 0.717) is 5.52 Å². The van der Waals surface area contributed by atoms with Crippen LogP contribution in [0, 0.1) is 17.0 Å². The van der Waals surface area contributed by atoms with Gasteiger partial charge in [-0.1, -0.05) is 17.7 Å². The first-order valence-corrected chi connectivity index (χ1v) is 8.31. The van der Waals surface area contributed by atoms with E-state index < -0.39 is 15.0 Å². The van der Waals surface area contributed by atoms with Gasteiger partial charge in [0.05, 0.1) is 15.8 Å². The third kappa shape index (κ3) is 2.81. The van der Waals surface area contributed by atoms with Crippen LogP contribution in [0.5, 0.6) is 5.88 Å². The number of aromatic nitrogens is 2. The summed E-state index contributed by atoms with van der Waals surface area (Å²) in [5.41, 5.74) is 1.26. The number of aryl methyl sites for hydroxylation is 2. The highest BCUT2D eigenvalue weighted by molar-refractivity contribution is 7.87. The zero-order chi connectivity index (χ0) is 17.5. The Hall–Kier alpha value is -2.94. The topological polar surface area (TPSA) is 104 Å². The molecule has 0 fully saturated rings. The molecule has 3 rings (SSSR count). The number of benzene rings is 2. The lowest BCUT2D eigenvalue weighted by Gasteiger charge is -2.05. The molecule has 0 aliphatic carbocycles. The predicted molar refractivity (Wildman–Crippen MR) is 86.4 cm³/mol. The quantitative estimate of drug-likeness (QED) is 0.408. The molecule has 0 amide bonds. The summed E-state index contributed by atoms with van der Waals surface area (Å²) in [4.78, 5) is 10.3. The summed E-state index contributed by atoms with van der Waals surface area (Å²) < 4.78 is 31.3. The van der Waals surface area contributed by atoms with E-state index in [-0.39, 0.29) is 21.8 Å². The molecular formula is C15H13N3O5S. The van der Waals surface area contributed by atoms with E-state index in [1.165, 1.54) is 35.0 Å². The van der Waals surface area contributed by atoms with E-state index in [2.05, 4.69) is 5.10 Å². The molecular weight excluding hydrogens is 334 g/mol. The first kappa shape index (κ1) is 15.9. The van der Waals surface area contributed by atoms with Gasteiger partial charge in [0.15, 0.2) is 0 Å². The maximum Gasteiger partial charge on any atom is 0.340 e. The smallest absolute Gasteiger partial charge is 0.340 e. The normalized spacial score (nSPS) is 11.6. The predicted octanol–water partition coefficient (Wildman–Crippen LogP) is 2.56. The lowest BCUT2D eigenvalue weighted by molar-refractivity contribution is -0.384. The molecule has 0 saturated carbocycles. The third-order valence-electron chi connectivity index (χ3n) is 3.51. The molecule has 24 heavy (non-hydrogen) atoms. The van der Waals surface area contributed by atoms with Crippen LogP contribution in [0.2, 0.25) is 0 Å². The van der Waals surface area contributed by atoms with Crippen molar-refractivity contribution in [2.24, 2.45) is 7.05 Å². The molecule has 0 spiro atoms. The van der Waals surface area contributed by atoms with Crippen LogP contribution < -0.4 is 4.18 Å². The van der Waals surface area contributed by atoms with E-state index in [1.807, 2.05) is 6.92 Å². The number of nitrogens with zero attached hydrogens (tertiary/aromatic N) is 3. The SMILES string of the molecule is Cc1ccc(S(=O)(=O)Oc2nn(C)c3ccc([N+](=O)[O-])cc23)cc1. The lowest BCUT2D eigenvalue weighted by Crippen LogP contribution is -2.10. The Kier molecular flexibility index (Phi) is 3.72. The van der Waals surface area contributed by atoms with Crippen molar-refractivity contribution in [3.8, 4) is 5.88 Å². The second-order valence-electron chi connectivity index (χ2n) is 5.24. The van der Waals surface area contributed by atoms with Crippen LogP contribution in [0.1, 0.15) is 5.56 Å². The Morgan fingerprint density at radius 2 is 1.83 bits per heavy atom. The molecule has 8 nitrogen and oxygen atoms in total. The molecule has 1 heterocycles. The highest BCUT2D eigenvalue weighted by Crippen LogP contribution is 2.30. The minimum Gasteiger partial charge on any atom is -0.356 e. The molecule has 124 valence electrons. The highest BCUT2D eigenvalue weighted by atomic mass is 32.2. The van der Waals surface area contributed by atoms with Crippen LogP contribution in [0.15, 0.2) is 47.4 Å². The number of hydrogen-bond acceptors (Lipinski definition) is 6. The summed E-state index contributed by atoms with van der Waals surface area (Å²) in [7, 11) is -2.49. The second kappa shape index (κ2) is 5.60. The van der Waals surface area contributed by atoms with Crippen LogP contribution in [0.3, 0.4) is 0 Å². The van der Waals surface area contributed by atoms with Crippen molar-refractivity contribution in [2.45, 2.75) is 11.8 Å². The lowest BCUT2D eigenvalue weighted by atomic mass is 10.2. The van der Waals surface area contributed by atoms with Gasteiger partial charge in [0.2, 0.25) is 0 Å². The summed E-state index contributed by atoms with van der Waals surface area (Å²) in [6.45, 7) is 1.84. The van der Waals surface area contributed by atoms with Gasteiger partial charge in [-0.05, 0) is 25.1 Å². The zero-order valence-electron chi connectivity index (χ0n) is 12.8. The van der Waals surface area contributed by atoms with Crippen molar-refractivity contribution in [3.63, 3.8) is 0 Å². The molecule has 0 N–H and O–H groups in total. The van der Waals surface area contributed by atoms with Crippen molar-refractivity contribution in [1.29, 1.82) is 0 Å². The molecule has 0 saturated heterocycles. The van der Waals surface area contributed by atoms with Crippen LogP contribution in [0.4, 0.5) is 5.69 Å². The fourth-order valence-electron chi connectivity index (χ4n) is 2.25. The Balaban J connectivity index is 2.07. The highest BCUT2D eigenvalue weighted by Gasteiger charge is 2.22. The maximum atomic E-state index is 12.4. The van der Waals surface area contributed by atoms with Crippen LogP contribution in [0.25, 0.3) is 10.9 Å². The molecule has 0 unspecified atom stereocenters. The van der Waals surface area contributed by atoms with Crippen molar-refractivity contribution in [2.75, 3.05) is 0 Å². The fraction of sp³-hybridized carbons (Fsp3) is 0.133. The van der Waals surface area contributed by atoms with Crippen LogP contribution in [-0.4, -0.2) is 23.1 Å². The molecule has 1 aromatic heterocycles. The number of fused-ring (bicyclic) bond motifs is 1. The van der Waals surface area contributed by atoms with E-state index in [9.17, 15) is 18.5 Å². The number of nitro groups is 1. The first-order valence-electron chi connectivity index (χ1n) is 6.90. The average Bonchev–Trinajstić information content (AvgIpc) is 2.83. The molecule has 3 aromatic rings. The van der Waals surface area contributed by atoms with Gasteiger partial charge in [0, 0.05) is 19.2 Å². The molecule has 0 atom stereocenters. The zero-order valence-corrected chi connectivity index (χ0v) is 13.6. The van der Waals surface area contributed by atoms with Crippen molar-refractivity contribution in [1.82, 2.24) is 9.78 Å². The molecule has 9 heteroatoms. The number of non-ortho nitro benzene ring substituents is 1. The molecule has 0 aliphatic rings. The Bertz CT molecular complexity index is 1040. The standard InChI is InChI=1S/C15H13N3O5S/c1-10-3-6-12(7-4-10)24(21,22)23-15-13-9-11(18(19)20)5-8-14(13)17(2)16-15/h3-9H,1-2H3. The maximum absolute atomic E-state index is 12.4. The third-order valence-corrected chi connectivity index (χ3v) is 4.74. The van der Waals surface area contributed by atoms with E-state index in [0.717, 1.165) is 5.56 Å². The summed E-state index contributed by atoms with van der Waals surface area (Å²) in [5.74, 6) is -0.197. The van der Waals surface area contributed by atoms with Gasteiger partial charge in [-0.25, -0.2) is 0 Å². The molecule has 0 bridgehead atoms. The summed E-state index contributed by atoms with van der Waals surface area (Å²) in [6, 6.07) is 10.2.